The molecule has 0 saturated carbocycles. The summed E-state index contributed by atoms with van der Waals surface area (Å²) in [5.41, 5.74) is 2.43. The van der Waals surface area contributed by atoms with Crippen LogP contribution in [0.25, 0.3) is 10.8 Å². The van der Waals surface area contributed by atoms with Crippen molar-refractivity contribution >= 4 is 28.1 Å². The molecule has 0 fully saturated rings. The van der Waals surface area contributed by atoms with Gasteiger partial charge in [-0.05, 0) is 13.0 Å². The Hall–Kier alpha value is -2.97. The number of ether oxygens (including phenoxy) is 1. The molecule has 1 heterocycles. The minimum absolute atomic E-state index is 0.000290. The molecular formula is C16H13F4N3O2. The Morgan fingerprint density at radius 1 is 1.32 bits per heavy atom. The maximum absolute atomic E-state index is 13.8. The lowest BCUT2D eigenvalue weighted by Crippen LogP contribution is -2.30. The van der Waals surface area contributed by atoms with Crippen LogP contribution in [0.15, 0.2) is 47.4 Å². The number of benzene rings is 1. The summed E-state index contributed by atoms with van der Waals surface area (Å²) >= 11 is 0. The number of fused-ring (bicyclic) bond motifs is 1. The molecular weight excluding hydrogens is 342 g/mol. The molecule has 132 valence electrons. The first-order chi connectivity index (χ1) is 11.8. The van der Waals surface area contributed by atoms with E-state index < -0.39 is 29.2 Å². The van der Waals surface area contributed by atoms with Crippen molar-refractivity contribution in [1.82, 2.24) is 4.98 Å². The van der Waals surface area contributed by atoms with Gasteiger partial charge in [-0.3, -0.25) is 4.98 Å². The molecule has 5 nitrogen and oxygen atoms in total. The van der Waals surface area contributed by atoms with Crippen LogP contribution in [0.3, 0.4) is 0 Å². The average molecular weight is 355 g/mol. The van der Waals surface area contributed by atoms with Gasteiger partial charge in [0.1, 0.15) is 11.4 Å². The van der Waals surface area contributed by atoms with E-state index in [1.54, 1.807) is 0 Å². The zero-order valence-corrected chi connectivity index (χ0v) is 13.0. The van der Waals surface area contributed by atoms with E-state index in [1.807, 2.05) is 0 Å². The largest absolute Gasteiger partial charge is 0.462 e. The van der Waals surface area contributed by atoms with Crippen molar-refractivity contribution in [2.24, 2.45) is 10.7 Å². The molecule has 0 aliphatic heterocycles. The maximum atomic E-state index is 13.8. The van der Waals surface area contributed by atoms with E-state index in [4.69, 9.17) is 5.73 Å². The molecule has 0 aliphatic rings. The summed E-state index contributed by atoms with van der Waals surface area (Å²) in [6.45, 7) is 1.30. The van der Waals surface area contributed by atoms with E-state index in [2.05, 4.69) is 14.7 Å². The molecule has 0 atom stereocenters. The Morgan fingerprint density at radius 3 is 2.64 bits per heavy atom. The highest BCUT2D eigenvalue weighted by Gasteiger charge is 2.41. The SMILES string of the molecule is CCOC(=O)C(=CN)C(=Nc1cncc2c(F)cccc12)C(F)(F)F. The third kappa shape index (κ3) is 3.93. The monoisotopic (exact) mass is 355 g/mol. The van der Waals surface area contributed by atoms with Gasteiger partial charge in [-0.15, -0.1) is 0 Å². The molecule has 2 aromatic rings. The summed E-state index contributed by atoms with van der Waals surface area (Å²) in [7, 11) is 0. The van der Waals surface area contributed by atoms with Crippen LogP contribution in [0, 0.1) is 5.82 Å². The first-order valence-electron chi connectivity index (χ1n) is 7.07. The fourth-order valence-electron chi connectivity index (χ4n) is 2.08. The van der Waals surface area contributed by atoms with E-state index >= 15 is 0 Å². The molecule has 2 N–H and O–H groups in total. The second-order valence-electron chi connectivity index (χ2n) is 4.75. The van der Waals surface area contributed by atoms with Gasteiger partial charge in [0, 0.05) is 23.2 Å². The summed E-state index contributed by atoms with van der Waals surface area (Å²) in [6, 6.07) is 3.87. The Labute approximate surface area is 139 Å². The standard InChI is InChI=1S/C16H13F4N3O2/c1-2-25-15(24)10(6-21)14(16(18,19)20)23-13-8-22-7-11-9(13)4-3-5-12(11)17/h3-8H,2,21H2,1H3. The van der Waals surface area contributed by atoms with Crippen LogP contribution in [0.4, 0.5) is 23.2 Å². The minimum atomic E-state index is -4.99. The fourth-order valence-corrected chi connectivity index (χ4v) is 2.08. The van der Waals surface area contributed by atoms with E-state index in [-0.39, 0.29) is 23.1 Å². The minimum Gasteiger partial charge on any atom is -0.462 e. The Balaban J connectivity index is 2.68. The summed E-state index contributed by atoms with van der Waals surface area (Å²) in [5.74, 6) is -1.92. The first kappa shape index (κ1) is 18.4. The van der Waals surface area contributed by atoms with E-state index in [0.717, 1.165) is 12.3 Å². The van der Waals surface area contributed by atoms with E-state index in [1.165, 1.54) is 25.3 Å². The first-order valence-corrected chi connectivity index (χ1v) is 7.07. The zero-order valence-electron chi connectivity index (χ0n) is 13.0. The highest BCUT2D eigenvalue weighted by molar-refractivity contribution is 6.23. The fraction of sp³-hybridized carbons (Fsp3) is 0.188. The summed E-state index contributed by atoms with van der Waals surface area (Å²) in [6.07, 6.45) is -2.31. The van der Waals surface area contributed by atoms with Gasteiger partial charge in [-0.25, -0.2) is 14.2 Å². The number of aliphatic imine (C=N–C) groups is 1. The van der Waals surface area contributed by atoms with Gasteiger partial charge in [0.05, 0.1) is 18.5 Å². The van der Waals surface area contributed by atoms with Crippen LogP contribution >= 0.6 is 0 Å². The summed E-state index contributed by atoms with van der Waals surface area (Å²) in [5, 5.41) is 0.108. The number of carbonyl (C=O) groups is 1. The molecule has 0 bridgehead atoms. The summed E-state index contributed by atoms with van der Waals surface area (Å²) in [4.78, 5) is 18.9. The third-order valence-electron chi connectivity index (χ3n) is 3.15. The lowest BCUT2D eigenvalue weighted by molar-refractivity contribution is -0.138. The van der Waals surface area contributed by atoms with Crippen LogP contribution in [-0.4, -0.2) is 29.4 Å². The molecule has 0 spiro atoms. The lowest BCUT2D eigenvalue weighted by Gasteiger charge is -2.13. The Kier molecular flexibility index (Phi) is 5.35. The number of rotatable bonds is 4. The third-order valence-corrected chi connectivity index (χ3v) is 3.15. The highest BCUT2D eigenvalue weighted by Crippen LogP contribution is 2.31. The number of hydrogen-bond donors (Lipinski definition) is 1. The van der Waals surface area contributed by atoms with E-state index in [9.17, 15) is 22.4 Å². The van der Waals surface area contributed by atoms with E-state index in [0.29, 0.717) is 6.20 Å². The lowest BCUT2D eigenvalue weighted by atomic mass is 10.1. The highest BCUT2D eigenvalue weighted by atomic mass is 19.4. The van der Waals surface area contributed by atoms with Crippen LogP contribution in [0.2, 0.25) is 0 Å². The number of nitrogens with two attached hydrogens (primary N) is 1. The number of carbonyl (C=O) groups excluding carboxylic acids is 1. The van der Waals surface area contributed by atoms with Crippen molar-refractivity contribution in [2.75, 3.05) is 6.61 Å². The molecule has 9 heteroatoms. The van der Waals surface area contributed by atoms with Crippen LogP contribution in [0.1, 0.15) is 6.92 Å². The predicted octanol–water partition coefficient (Wildman–Crippen LogP) is 3.41. The molecule has 1 aromatic heterocycles. The van der Waals surface area contributed by atoms with Crippen molar-refractivity contribution in [3.63, 3.8) is 0 Å². The Bertz CT molecular complexity index is 860. The van der Waals surface area contributed by atoms with Crippen LogP contribution in [0.5, 0.6) is 0 Å². The van der Waals surface area contributed by atoms with Crippen molar-refractivity contribution in [3.8, 4) is 0 Å². The van der Waals surface area contributed by atoms with Crippen LogP contribution in [-0.2, 0) is 9.53 Å². The number of pyridine rings is 1. The number of aromatic nitrogens is 1. The predicted molar refractivity (Wildman–Crippen MR) is 83.8 cm³/mol. The number of alkyl halides is 3. The molecule has 2 rings (SSSR count). The molecule has 0 aliphatic carbocycles. The van der Waals surface area contributed by atoms with Crippen LogP contribution < -0.4 is 5.73 Å². The van der Waals surface area contributed by atoms with Gasteiger partial charge >= 0.3 is 12.1 Å². The number of esters is 1. The topological polar surface area (TPSA) is 77.6 Å². The van der Waals surface area contributed by atoms with Gasteiger partial charge in [0.25, 0.3) is 0 Å². The second-order valence-corrected chi connectivity index (χ2v) is 4.75. The molecule has 25 heavy (non-hydrogen) atoms. The average Bonchev–Trinajstić information content (AvgIpc) is 2.55. The number of nitrogens with zero attached hydrogens (tertiary/aromatic N) is 2. The Morgan fingerprint density at radius 2 is 2.04 bits per heavy atom. The molecule has 1 aromatic carbocycles. The molecule has 0 saturated heterocycles. The van der Waals surface area contributed by atoms with Gasteiger partial charge in [-0.1, -0.05) is 12.1 Å². The van der Waals surface area contributed by atoms with Gasteiger partial charge in [-0.2, -0.15) is 13.2 Å². The van der Waals surface area contributed by atoms with Crippen molar-refractivity contribution in [2.45, 2.75) is 13.1 Å². The normalized spacial score (nSPS) is 13.2. The van der Waals surface area contributed by atoms with Gasteiger partial charge < -0.3 is 10.5 Å². The number of hydrogen-bond acceptors (Lipinski definition) is 5. The quantitative estimate of drug-likeness (QED) is 0.395. The van der Waals surface area contributed by atoms with Crippen molar-refractivity contribution < 1.29 is 27.1 Å². The number of halogens is 4. The second kappa shape index (κ2) is 7.29. The smallest absolute Gasteiger partial charge is 0.434 e. The zero-order chi connectivity index (χ0) is 18.6. The molecule has 0 unspecified atom stereocenters. The molecule has 0 amide bonds. The summed E-state index contributed by atoms with van der Waals surface area (Å²) < 4.78 is 58.5. The van der Waals surface area contributed by atoms with Gasteiger partial charge in [0.2, 0.25) is 0 Å². The van der Waals surface area contributed by atoms with Crippen molar-refractivity contribution in [1.29, 1.82) is 0 Å². The maximum Gasteiger partial charge on any atom is 0.434 e. The van der Waals surface area contributed by atoms with Crippen molar-refractivity contribution in [3.05, 3.63) is 48.2 Å². The van der Waals surface area contributed by atoms with Gasteiger partial charge in [0.15, 0.2) is 5.71 Å². The molecule has 0 radical (unpaired) electrons.